The Balaban J connectivity index is 0. The first-order chi connectivity index (χ1) is 9.72. The first kappa shape index (κ1) is 22.3. The second-order valence-electron chi connectivity index (χ2n) is 4.89. The zero-order valence-corrected chi connectivity index (χ0v) is 16.7. The van der Waals surface area contributed by atoms with E-state index in [0.29, 0.717) is 13.0 Å². The summed E-state index contributed by atoms with van der Waals surface area (Å²) < 4.78 is 8.03. The molecule has 0 atom stereocenters. The minimum absolute atomic E-state index is 0.113. The van der Waals surface area contributed by atoms with Gasteiger partial charge in [0.25, 0.3) is 0 Å². The van der Waals surface area contributed by atoms with Crippen molar-refractivity contribution >= 4 is 27.1 Å². The van der Waals surface area contributed by atoms with Gasteiger partial charge in [0.1, 0.15) is 6.61 Å². The molecule has 0 saturated carbocycles. The van der Waals surface area contributed by atoms with Gasteiger partial charge in [0.15, 0.2) is 0 Å². The fraction of sp³-hybridized carbons (Fsp3) is 0.824. The van der Waals surface area contributed by atoms with Crippen LogP contribution in [-0.2, 0) is 9.53 Å². The van der Waals surface area contributed by atoms with Gasteiger partial charge in [-0.15, -0.1) is 0 Å². The van der Waals surface area contributed by atoms with Crippen LogP contribution in [0.4, 0.5) is 0 Å². The summed E-state index contributed by atoms with van der Waals surface area (Å²) in [6.45, 7) is 10.5. The van der Waals surface area contributed by atoms with E-state index >= 15 is 0 Å². The Morgan fingerprint density at radius 3 is 2.00 bits per heavy atom. The molecule has 0 aromatic carbocycles. The Morgan fingerprint density at radius 1 is 1.00 bits per heavy atom. The first-order valence-electron chi connectivity index (χ1n) is 8.20. The van der Waals surface area contributed by atoms with E-state index in [1.807, 2.05) is 0 Å². The van der Waals surface area contributed by atoms with Crippen molar-refractivity contribution in [2.75, 3.05) is 6.61 Å². The van der Waals surface area contributed by atoms with Gasteiger partial charge in [-0.3, -0.25) is 4.79 Å². The van der Waals surface area contributed by atoms with E-state index in [4.69, 9.17) is 4.74 Å². The van der Waals surface area contributed by atoms with Crippen molar-refractivity contribution in [1.82, 2.24) is 0 Å². The molecule has 0 rings (SSSR count). The number of hydrogen-bond donors (Lipinski definition) is 0. The molecular weight excluding hydrogens is 355 g/mol. The van der Waals surface area contributed by atoms with Crippen LogP contribution in [0.15, 0.2) is 12.7 Å². The molecule has 0 aliphatic carbocycles. The van der Waals surface area contributed by atoms with E-state index < -0.39 is 0 Å². The van der Waals surface area contributed by atoms with Gasteiger partial charge in [0.2, 0.25) is 0 Å². The van der Waals surface area contributed by atoms with Crippen molar-refractivity contribution in [2.45, 2.75) is 81.0 Å². The summed E-state index contributed by atoms with van der Waals surface area (Å²) in [7, 11) is 0. The molecule has 0 aromatic rings. The molecule has 0 saturated heterocycles. The molecule has 20 heavy (non-hydrogen) atoms. The summed E-state index contributed by atoms with van der Waals surface area (Å²) in [5.74, 6) is -0.113. The molecule has 0 N–H and O–H groups in total. The van der Waals surface area contributed by atoms with Gasteiger partial charge in [-0.1, -0.05) is 32.4 Å². The maximum atomic E-state index is 10.8. The van der Waals surface area contributed by atoms with Gasteiger partial charge in [-0.2, -0.15) is 0 Å². The van der Waals surface area contributed by atoms with E-state index in [1.165, 1.54) is 25.7 Å². The van der Waals surface area contributed by atoms with Crippen LogP contribution < -0.4 is 0 Å². The van der Waals surface area contributed by atoms with Crippen molar-refractivity contribution in [3.8, 4) is 0 Å². The van der Waals surface area contributed by atoms with Crippen LogP contribution >= 0.6 is 0 Å². The number of ether oxygens (including phenoxy) is 1. The van der Waals surface area contributed by atoms with E-state index in [1.54, 1.807) is 14.9 Å². The second kappa shape index (κ2) is 21.3. The zero-order chi connectivity index (χ0) is 15.5. The number of rotatable bonds is 12. The van der Waals surface area contributed by atoms with Gasteiger partial charge in [0, 0.05) is 6.42 Å². The number of carbonyl (C=O) groups is 1. The van der Waals surface area contributed by atoms with Crippen LogP contribution in [0.2, 0.25) is 8.87 Å². The predicted molar refractivity (Wildman–Crippen MR) is 90.5 cm³/mol. The van der Waals surface area contributed by atoms with Crippen molar-refractivity contribution in [1.29, 1.82) is 0 Å². The molecule has 0 aromatic heterocycles. The average Bonchev–Trinajstić information content (AvgIpc) is 2.46. The fourth-order valence-corrected chi connectivity index (χ4v) is 5.63. The van der Waals surface area contributed by atoms with Crippen LogP contribution in [0.3, 0.4) is 0 Å². The molecule has 0 aliphatic rings. The van der Waals surface area contributed by atoms with Crippen LogP contribution in [0, 0.1) is 0 Å². The third-order valence-corrected chi connectivity index (χ3v) is 6.80. The van der Waals surface area contributed by atoms with Gasteiger partial charge in [-0.25, -0.2) is 0 Å². The minimum atomic E-state index is -0.113. The normalized spacial score (nSPS) is 9.55. The SMILES string of the molecule is C=CCOC(=O)CCCCC.CCC[CH2][Sn][CH2]CCC. The Bertz CT molecular complexity index is 199. The summed E-state index contributed by atoms with van der Waals surface area (Å²) >= 11 is 0.149. The summed E-state index contributed by atoms with van der Waals surface area (Å²) in [6, 6.07) is 0. The van der Waals surface area contributed by atoms with Crippen molar-refractivity contribution in [3.05, 3.63) is 12.7 Å². The average molecular weight is 389 g/mol. The van der Waals surface area contributed by atoms with Crippen molar-refractivity contribution in [3.63, 3.8) is 0 Å². The third kappa shape index (κ3) is 23.1. The summed E-state index contributed by atoms with van der Waals surface area (Å²) in [5.41, 5.74) is 0. The standard InChI is InChI=1S/C9H16O2.2C4H9.Sn/c1-3-5-6-7-9(10)11-8-4-2;2*1-3-4-2;/h4H,2-3,5-8H2,1H3;2*1,3-4H2,2H3;. The van der Waals surface area contributed by atoms with E-state index in [2.05, 4.69) is 27.4 Å². The van der Waals surface area contributed by atoms with Gasteiger partial charge < -0.3 is 4.74 Å². The summed E-state index contributed by atoms with van der Waals surface area (Å²) in [4.78, 5) is 10.8. The topological polar surface area (TPSA) is 26.3 Å². The van der Waals surface area contributed by atoms with Gasteiger partial charge in [-0.05, 0) is 6.42 Å². The molecule has 0 bridgehead atoms. The first-order valence-corrected chi connectivity index (χ1v) is 12.2. The van der Waals surface area contributed by atoms with E-state index in [-0.39, 0.29) is 27.1 Å². The number of esters is 1. The van der Waals surface area contributed by atoms with Crippen LogP contribution in [0.5, 0.6) is 0 Å². The predicted octanol–water partition coefficient (Wildman–Crippen LogP) is 5.42. The summed E-state index contributed by atoms with van der Waals surface area (Å²) in [5, 5.41) is 0. The molecule has 2 radical (unpaired) electrons. The van der Waals surface area contributed by atoms with Gasteiger partial charge in [0.05, 0.1) is 0 Å². The van der Waals surface area contributed by atoms with Crippen molar-refractivity contribution < 1.29 is 9.53 Å². The number of hydrogen-bond acceptors (Lipinski definition) is 2. The third-order valence-electron chi connectivity index (χ3n) is 2.76. The zero-order valence-electron chi connectivity index (χ0n) is 13.9. The van der Waals surface area contributed by atoms with E-state index in [9.17, 15) is 4.79 Å². The quantitative estimate of drug-likeness (QED) is 0.193. The molecular formula is C17H34O2Sn. The molecule has 0 unspecified atom stereocenters. The Labute approximate surface area is 137 Å². The Morgan fingerprint density at radius 2 is 1.55 bits per heavy atom. The summed E-state index contributed by atoms with van der Waals surface area (Å²) in [6.07, 6.45) is 11.1. The molecule has 0 amide bonds. The van der Waals surface area contributed by atoms with E-state index in [0.717, 1.165) is 19.3 Å². The molecule has 0 heterocycles. The Kier molecular flexibility index (Phi) is 23.8. The van der Waals surface area contributed by atoms with Crippen LogP contribution in [0.25, 0.3) is 0 Å². The fourth-order valence-electron chi connectivity index (χ4n) is 1.47. The molecule has 0 aliphatic heterocycles. The Hall–Kier alpha value is 0.00870. The van der Waals surface area contributed by atoms with Crippen LogP contribution in [-0.4, -0.2) is 33.7 Å². The monoisotopic (exact) mass is 390 g/mol. The second-order valence-corrected chi connectivity index (χ2v) is 9.17. The molecule has 0 spiro atoms. The van der Waals surface area contributed by atoms with Gasteiger partial charge >= 0.3 is 75.5 Å². The van der Waals surface area contributed by atoms with Crippen LogP contribution in [0.1, 0.15) is 72.1 Å². The molecule has 3 heteroatoms. The number of unbranched alkanes of at least 4 members (excludes halogenated alkanes) is 4. The maximum absolute atomic E-state index is 10.8. The number of carbonyl (C=O) groups excluding carboxylic acids is 1. The molecule has 2 nitrogen and oxygen atoms in total. The van der Waals surface area contributed by atoms with Crippen molar-refractivity contribution in [2.24, 2.45) is 0 Å². The molecule has 118 valence electrons. The molecule has 0 fully saturated rings.